The van der Waals surface area contributed by atoms with Crippen molar-refractivity contribution in [2.24, 2.45) is 0 Å². The van der Waals surface area contributed by atoms with Gasteiger partial charge in [0.2, 0.25) is 5.82 Å². The van der Waals surface area contributed by atoms with Gasteiger partial charge in [-0.2, -0.15) is 0 Å². The van der Waals surface area contributed by atoms with Crippen molar-refractivity contribution in [2.75, 3.05) is 0 Å². The molecular weight excluding hydrogens is 174 g/mol. The number of rotatable bonds is 1. The Hall–Kier alpha value is -1.43. The lowest BCUT2D eigenvalue weighted by Crippen LogP contribution is -2.11. The molecule has 3 heteroatoms. The SMILES string of the molecule is [C-]#[N+]Cc1nc(C)c2c(n1)CCCC2. The van der Waals surface area contributed by atoms with Crippen LogP contribution in [0.1, 0.15) is 35.6 Å². The number of hydrogen-bond donors (Lipinski definition) is 0. The van der Waals surface area contributed by atoms with Crippen LogP contribution in [0.25, 0.3) is 4.85 Å². The summed E-state index contributed by atoms with van der Waals surface area (Å²) in [7, 11) is 0. The van der Waals surface area contributed by atoms with Crippen LogP contribution in [0.3, 0.4) is 0 Å². The molecule has 0 saturated carbocycles. The second-order valence-electron chi connectivity index (χ2n) is 3.67. The second kappa shape index (κ2) is 3.75. The summed E-state index contributed by atoms with van der Waals surface area (Å²) in [5.41, 5.74) is 3.58. The van der Waals surface area contributed by atoms with Crippen LogP contribution in [0.5, 0.6) is 0 Å². The van der Waals surface area contributed by atoms with Crippen LogP contribution in [0, 0.1) is 13.5 Å². The molecule has 0 aliphatic heterocycles. The van der Waals surface area contributed by atoms with Gasteiger partial charge in [-0.15, -0.1) is 0 Å². The zero-order chi connectivity index (χ0) is 9.97. The van der Waals surface area contributed by atoms with Crippen molar-refractivity contribution >= 4 is 0 Å². The summed E-state index contributed by atoms with van der Waals surface area (Å²) >= 11 is 0. The number of nitrogens with zero attached hydrogens (tertiary/aromatic N) is 3. The molecule has 0 bridgehead atoms. The van der Waals surface area contributed by atoms with Crippen molar-refractivity contribution in [3.8, 4) is 0 Å². The minimum atomic E-state index is 0.314. The third kappa shape index (κ3) is 1.60. The average molecular weight is 187 g/mol. The third-order valence-corrected chi connectivity index (χ3v) is 2.66. The molecule has 14 heavy (non-hydrogen) atoms. The van der Waals surface area contributed by atoms with Gasteiger partial charge in [-0.1, -0.05) is 0 Å². The van der Waals surface area contributed by atoms with Crippen molar-refractivity contribution in [3.63, 3.8) is 0 Å². The molecule has 72 valence electrons. The van der Waals surface area contributed by atoms with Gasteiger partial charge in [-0.05, 0) is 38.2 Å². The fourth-order valence-corrected chi connectivity index (χ4v) is 1.99. The Morgan fingerprint density at radius 3 is 2.86 bits per heavy atom. The predicted molar refractivity (Wildman–Crippen MR) is 53.7 cm³/mol. The van der Waals surface area contributed by atoms with E-state index in [-0.39, 0.29) is 0 Å². The molecule has 1 aromatic rings. The first-order chi connectivity index (χ1) is 6.81. The van der Waals surface area contributed by atoms with Crippen LogP contribution in [0.2, 0.25) is 0 Å². The van der Waals surface area contributed by atoms with Gasteiger partial charge in [0.05, 0.1) is 0 Å². The summed E-state index contributed by atoms with van der Waals surface area (Å²) < 4.78 is 0. The fraction of sp³-hybridized carbons (Fsp3) is 0.545. The van der Waals surface area contributed by atoms with Gasteiger partial charge in [0.15, 0.2) is 0 Å². The summed E-state index contributed by atoms with van der Waals surface area (Å²) in [6.07, 6.45) is 4.64. The molecule has 2 rings (SSSR count). The molecule has 0 radical (unpaired) electrons. The molecule has 0 unspecified atom stereocenters. The highest BCUT2D eigenvalue weighted by Gasteiger charge is 2.15. The molecule has 1 heterocycles. The summed E-state index contributed by atoms with van der Waals surface area (Å²) in [6, 6.07) is 0. The molecule has 0 aromatic carbocycles. The Morgan fingerprint density at radius 2 is 2.07 bits per heavy atom. The molecule has 0 atom stereocenters. The van der Waals surface area contributed by atoms with Crippen molar-refractivity contribution in [2.45, 2.75) is 39.2 Å². The molecule has 0 fully saturated rings. The Balaban J connectivity index is 2.42. The van der Waals surface area contributed by atoms with E-state index in [2.05, 4.69) is 14.8 Å². The summed E-state index contributed by atoms with van der Waals surface area (Å²) in [5.74, 6) is 0.693. The molecule has 1 aromatic heterocycles. The maximum Gasteiger partial charge on any atom is 0.273 e. The van der Waals surface area contributed by atoms with Gasteiger partial charge in [0.1, 0.15) is 0 Å². The van der Waals surface area contributed by atoms with Gasteiger partial charge in [-0.3, -0.25) is 0 Å². The summed E-state index contributed by atoms with van der Waals surface area (Å²) in [6.45, 7) is 9.14. The number of hydrogen-bond acceptors (Lipinski definition) is 2. The van der Waals surface area contributed by atoms with Crippen molar-refractivity contribution in [1.29, 1.82) is 0 Å². The van der Waals surface area contributed by atoms with Crippen molar-refractivity contribution in [1.82, 2.24) is 9.97 Å². The Kier molecular flexibility index (Phi) is 2.45. The normalized spacial score (nSPS) is 14.6. The summed E-state index contributed by atoms with van der Waals surface area (Å²) in [4.78, 5) is 12.1. The van der Waals surface area contributed by atoms with Gasteiger partial charge < -0.3 is 4.85 Å². The molecule has 0 spiro atoms. The zero-order valence-corrected chi connectivity index (χ0v) is 8.38. The lowest BCUT2D eigenvalue weighted by atomic mass is 9.95. The minimum Gasteiger partial charge on any atom is -0.308 e. The largest absolute Gasteiger partial charge is 0.308 e. The number of aromatic nitrogens is 2. The number of fused-ring (bicyclic) bond motifs is 1. The molecule has 0 saturated heterocycles. The molecule has 3 nitrogen and oxygen atoms in total. The highest BCUT2D eigenvalue weighted by atomic mass is 14.9. The minimum absolute atomic E-state index is 0.314. The molecule has 1 aliphatic rings. The van der Waals surface area contributed by atoms with Crippen molar-refractivity contribution in [3.05, 3.63) is 34.2 Å². The first-order valence-electron chi connectivity index (χ1n) is 4.99. The zero-order valence-electron chi connectivity index (χ0n) is 8.38. The van der Waals surface area contributed by atoms with Gasteiger partial charge in [-0.25, -0.2) is 16.5 Å². The lowest BCUT2D eigenvalue weighted by molar-refractivity contribution is 0.649. The average Bonchev–Trinajstić information content (AvgIpc) is 2.18. The molecular formula is C11H13N3. The van der Waals surface area contributed by atoms with Crippen LogP contribution in [-0.4, -0.2) is 9.97 Å². The quantitative estimate of drug-likeness (QED) is 0.630. The van der Waals surface area contributed by atoms with Crippen LogP contribution >= 0.6 is 0 Å². The number of aryl methyl sites for hydroxylation is 2. The Morgan fingerprint density at radius 1 is 1.29 bits per heavy atom. The maximum absolute atomic E-state index is 6.80. The topological polar surface area (TPSA) is 30.1 Å². The van der Waals surface area contributed by atoms with Crippen LogP contribution < -0.4 is 0 Å². The fourth-order valence-electron chi connectivity index (χ4n) is 1.99. The van der Waals surface area contributed by atoms with Gasteiger partial charge >= 0.3 is 0 Å². The smallest absolute Gasteiger partial charge is 0.273 e. The standard InChI is InChI=1S/C11H13N3/c1-8-9-5-3-4-6-10(9)14-11(13-8)7-12-2/h3-7H2,1H3. The predicted octanol–water partition coefficient (Wildman–Crippen LogP) is 2.08. The first kappa shape index (κ1) is 9.14. The van der Waals surface area contributed by atoms with E-state index in [9.17, 15) is 0 Å². The van der Waals surface area contributed by atoms with Gasteiger partial charge in [0.25, 0.3) is 6.54 Å². The first-order valence-corrected chi connectivity index (χ1v) is 4.99. The highest BCUT2D eigenvalue weighted by molar-refractivity contribution is 5.27. The Labute approximate surface area is 84.0 Å². The highest BCUT2D eigenvalue weighted by Crippen LogP contribution is 2.21. The monoisotopic (exact) mass is 187 g/mol. The molecule has 0 amide bonds. The van der Waals surface area contributed by atoms with E-state index in [0.717, 1.165) is 18.5 Å². The van der Waals surface area contributed by atoms with E-state index in [1.807, 2.05) is 6.92 Å². The van der Waals surface area contributed by atoms with E-state index < -0.39 is 0 Å². The van der Waals surface area contributed by atoms with E-state index in [4.69, 9.17) is 6.57 Å². The molecule has 1 aliphatic carbocycles. The van der Waals surface area contributed by atoms with Gasteiger partial charge in [0, 0.05) is 11.4 Å². The van der Waals surface area contributed by atoms with E-state index >= 15 is 0 Å². The molecule has 0 N–H and O–H groups in total. The van der Waals surface area contributed by atoms with Crippen LogP contribution in [0.4, 0.5) is 0 Å². The summed E-state index contributed by atoms with van der Waals surface area (Å²) in [5, 5.41) is 0. The Bertz CT molecular complexity index is 390. The lowest BCUT2D eigenvalue weighted by Gasteiger charge is -2.16. The second-order valence-corrected chi connectivity index (χ2v) is 3.67. The maximum atomic E-state index is 6.80. The van der Waals surface area contributed by atoms with E-state index in [1.165, 1.54) is 24.1 Å². The third-order valence-electron chi connectivity index (χ3n) is 2.66. The van der Waals surface area contributed by atoms with E-state index in [1.54, 1.807) is 0 Å². The van der Waals surface area contributed by atoms with Crippen LogP contribution in [0.15, 0.2) is 0 Å². The van der Waals surface area contributed by atoms with E-state index in [0.29, 0.717) is 12.4 Å². The van der Waals surface area contributed by atoms with Crippen LogP contribution in [-0.2, 0) is 19.4 Å². The van der Waals surface area contributed by atoms with Crippen molar-refractivity contribution < 1.29 is 0 Å².